The van der Waals surface area contributed by atoms with Crippen LogP contribution in [0.3, 0.4) is 0 Å². The third kappa shape index (κ3) is 4.39. The minimum atomic E-state index is -3.48. The van der Waals surface area contributed by atoms with E-state index in [1.807, 2.05) is 13.8 Å². The molecular formula is C19H25N3O4S. The van der Waals surface area contributed by atoms with E-state index < -0.39 is 10.0 Å². The Morgan fingerprint density at radius 3 is 2.37 bits per heavy atom. The van der Waals surface area contributed by atoms with Crippen molar-refractivity contribution in [2.75, 3.05) is 13.1 Å². The predicted molar refractivity (Wildman–Crippen MR) is 101 cm³/mol. The van der Waals surface area contributed by atoms with Gasteiger partial charge >= 0.3 is 0 Å². The van der Waals surface area contributed by atoms with Crippen LogP contribution in [0.4, 0.5) is 0 Å². The molecule has 2 aromatic rings. The monoisotopic (exact) mass is 391 g/mol. The highest BCUT2D eigenvalue weighted by Gasteiger charge is 2.30. The van der Waals surface area contributed by atoms with E-state index in [-0.39, 0.29) is 18.4 Å². The molecule has 0 radical (unpaired) electrons. The van der Waals surface area contributed by atoms with Gasteiger partial charge in [0.1, 0.15) is 5.76 Å². The lowest BCUT2D eigenvalue weighted by Gasteiger charge is -2.31. The molecule has 2 heterocycles. The van der Waals surface area contributed by atoms with Gasteiger partial charge in [-0.1, -0.05) is 22.9 Å². The van der Waals surface area contributed by atoms with Crippen LogP contribution in [0.2, 0.25) is 0 Å². The van der Waals surface area contributed by atoms with Crippen LogP contribution >= 0.6 is 0 Å². The van der Waals surface area contributed by atoms with Gasteiger partial charge < -0.3 is 9.84 Å². The van der Waals surface area contributed by atoms with E-state index in [2.05, 4.69) is 10.5 Å². The summed E-state index contributed by atoms with van der Waals surface area (Å²) in [6, 6.07) is 6.86. The van der Waals surface area contributed by atoms with Gasteiger partial charge in [-0.3, -0.25) is 4.79 Å². The number of benzene rings is 1. The molecule has 1 N–H and O–H groups in total. The summed E-state index contributed by atoms with van der Waals surface area (Å²) < 4.78 is 32.0. The minimum absolute atomic E-state index is 0.0255. The third-order valence-electron chi connectivity index (χ3n) is 5.00. The number of hydrogen-bond donors (Lipinski definition) is 1. The number of carbonyl (C=O) groups excluding carboxylic acids is 1. The van der Waals surface area contributed by atoms with Gasteiger partial charge in [0.25, 0.3) is 0 Å². The third-order valence-corrected chi connectivity index (χ3v) is 6.91. The van der Waals surface area contributed by atoms with Crippen molar-refractivity contribution in [2.24, 2.45) is 0 Å². The lowest BCUT2D eigenvalue weighted by atomic mass is 10.1. The van der Waals surface area contributed by atoms with E-state index in [0.717, 1.165) is 16.8 Å². The van der Waals surface area contributed by atoms with Crippen LogP contribution in [-0.4, -0.2) is 42.9 Å². The fourth-order valence-electron chi connectivity index (χ4n) is 3.29. The van der Waals surface area contributed by atoms with Crippen molar-refractivity contribution in [3.63, 3.8) is 0 Å². The zero-order chi connectivity index (χ0) is 19.6. The van der Waals surface area contributed by atoms with Crippen LogP contribution < -0.4 is 5.32 Å². The fourth-order valence-corrected chi connectivity index (χ4v) is 4.76. The second-order valence-electron chi connectivity index (χ2n) is 7.04. The van der Waals surface area contributed by atoms with Crippen molar-refractivity contribution in [1.82, 2.24) is 14.8 Å². The molecule has 3 rings (SSSR count). The SMILES string of the molecule is Cc1ccc(S(=O)(=O)N2CCC(NC(=O)Cc3c(C)noc3C)CC2)cc1. The topological polar surface area (TPSA) is 92.5 Å². The van der Waals surface area contributed by atoms with Gasteiger partial charge in [0.05, 0.1) is 17.0 Å². The van der Waals surface area contributed by atoms with Crippen LogP contribution in [0.15, 0.2) is 33.7 Å². The standard InChI is InChI=1S/C19H25N3O4S/c1-13-4-6-17(7-5-13)27(24,25)22-10-8-16(9-11-22)20-19(23)12-18-14(2)21-26-15(18)3/h4-7,16H,8-12H2,1-3H3,(H,20,23). The van der Waals surface area contributed by atoms with Crippen molar-refractivity contribution in [3.05, 3.63) is 46.8 Å². The van der Waals surface area contributed by atoms with E-state index in [9.17, 15) is 13.2 Å². The second-order valence-corrected chi connectivity index (χ2v) is 8.98. The number of carbonyl (C=O) groups is 1. The summed E-state index contributed by atoms with van der Waals surface area (Å²) >= 11 is 0. The van der Waals surface area contributed by atoms with Crippen LogP contribution in [0.5, 0.6) is 0 Å². The first kappa shape index (κ1) is 19.6. The number of nitrogens with one attached hydrogen (secondary N) is 1. The van der Waals surface area contributed by atoms with Crippen molar-refractivity contribution in [2.45, 2.75) is 51.0 Å². The van der Waals surface area contributed by atoms with Crippen LogP contribution in [0.1, 0.15) is 35.4 Å². The molecule has 1 saturated heterocycles. The molecule has 1 aromatic carbocycles. The zero-order valence-electron chi connectivity index (χ0n) is 15.9. The number of piperidine rings is 1. The predicted octanol–water partition coefficient (Wildman–Crippen LogP) is 2.11. The molecule has 0 saturated carbocycles. The average Bonchev–Trinajstić information content (AvgIpc) is 2.94. The number of amides is 1. The normalized spacial score (nSPS) is 16.4. The van der Waals surface area contributed by atoms with E-state index in [4.69, 9.17) is 4.52 Å². The molecule has 8 heteroatoms. The van der Waals surface area contributed by atoms with Gasteiger partial charge in [-0.05, 0) is 45.7 Å². The second kappa shape index (κ2) is 7.82. The molecule has 146 valence electrons. The van der Waals surface area contributed by atoms with Gasteiger partial charge in [-0.15, -0.1) is 0 Å². The molecule has 7 nitrogen and oxygen atoms in total. The summed E-state index contributed by atoms with van der Waals surface area (Å²) in [5.74, 6) is 0.561. The van der Waals surface area contributed by atoms with Gasteiger partial charge in [0, 0.05) is 24.7 Å². The van der Waals surface area contributed by atoms with Crippen LogP contribution in [0, 0.1) is 20.8 Å². The molecule has 1 fully saturated rings. The summed E-state index contributed by atoms with van der Waals surface area (Å²) in [5, 5.41) is 6.86. The highest BCUT2D eigenvalue weighted by atomic mass is 32.2. The Labute approximate surface area is 159 Å². The number of aromatic nitrogens is 1. The van der Waals surface area contributed by atoms with Crippen LogP contribution in [-0.2, 0) is 21.2 Å². The highest BCUT2D eigenvalue weighted by Crippen LogP contribution is 2.21. The summed E-state index contributed by atoms with van der Waals surface area (Å²) in [7, 11) is -3.48. The van der Waals surface area contributed by atoms with Crippen molar-refractivity contribution in [3.8, 4) is 0 Å². The molecular weight excluding hydrogens is 366 g/mol. The van der Waals surface area contributed by atoms with E-state index in [1.165, 1.54) is 4.31 Å². The smallest absolute Gasteiger partial charge is 0.243 e. The van der Waals surface area contributed by atoms with Crippen molar-refractivity contribution in [1.29, 1.82) is 0 Å². The molecule has 0 unspecified atom stereocenters. The van der Waals surface area contributed by atoms with Gasteiger partial charge in [-0.25, -0.2) is 8.42 Å². The largest absolute Gasteiger partial charge is 0.361 e. The summed E-state index contributed by atoms with van der Waals surface area (Å²) in [5.41, 5.74) is 2.56. The quantitative estimate of drug-likeness (QED) is 0.843. The molecule has 0 spiro atoms. The average molecular weight is 391 g/mol. The number of hydrogen-bond acceptors (Lipinski definition) is 5. The maximum absolute atomic E-state index is 12.7. The number of nitrogens with zero attached hydrogens (tertiary/aromatic N) is 2. The Morgan fingerprint density at radius 2 is 1.81 bits per heavy atom. The van der Waals surface area contributed by atoms with Crippen LogP contribution in [0.25, 0.3) is 0 Å². The van der Waals surface area contributed by atoms with E-state index in [1.54, 1.807) is 31.2 Å². The first-order valence-corrected chi connectivity index (χ1v) is 10.5. The van der Waals surface area contributed by atoms with Crippen molar-refractivity contribution >= 4 is 15.9 Å². The Balaban J connectivity index is 1.55. The van der Waals surface area contributed by atoms with Gasteiger partial charge in [0.15, 0.2) is 0 Å². The summed E-state index contributed by atoms with van der Waals surface area (Å²) in [6.07, 6.45) is 1.42. The van der Waals surface area contributed by atoms with E-state index >= 15 is 0 Å². The summed E-state index contributed by atoms with van der Waals surface area (Å²) in [6.45, 7) is 6.32. The highest BCUT2D eigenvalue weighted by molar-refractivity contribution is 7.89. The maximum Gasteiger partial charge on any atom is 0.243 e. The molecule has 1 aromatic heterocycles. The van der Waals surface area contributed by atoms with Crippen molar-refractivity contribution < 1.29 is 17.7 Å². The first-order valence-electron chi connectivity index (χ1n) is 9.05. The van der Waals surface area contributed by atoms with Gasteiger partial charge in [0.2, 0.25) is 15.9 Å². The first-order chi connectivity index (χ1) is 12.8. The fraction of sp³-hybridized carbons (Fsp3) is 0.474. The Kier molecular flexibility index (Phi) is 5.67. The molecule has 1 aliphatic rings. The molecule has 0 aliphatic carbocycles. The maximum atomic E-state index is 12.7. The zero-order valence-corrected chi connectivity index (χ0v) is 16.7. The molecule has 1 amide bonds. The molecule has 0 atom stereocenters. The minimum Gasteiger partial charge on any atom is -0.361 e. The van der Waals surface area contributed by atoms with Gasteiger partial charge in [-0.2, -0.15) is 4.31 Å². The number of sulfonamides is 1. The Hall–Kier alpha value is -2.19. The molecule has 27 heavy (non-hydrogen) atoms. The molecule has 0 bridgehead atoms. The lowest BCUT2D eigenvalue weighted by Crippen LogP contribution is -2.46. The summed E-state index contributed by atoms with van der Waals surface area (Å²) in [4.78, 5) is 12.6. The lowest BCUT2D eigenvalue weighted by molar-refractivity contribution is -0.121. The Morgan fingerprint density at radius 1 is 1.19 bits per heavy atom. The Bertz CT molecular complexity index is 891. The molecule has 1 aliphatic heterocycles. The number of rotatable bonds is 5. The number of aryl methyl sites for hydroxylation is 3. The van der Waals surface area contributed by atoms with E-state index in [0.29, 0.717) is 36.6 Å².